The molecule has 1 atom stereocenters. The third-order valence-electron chi connectivity index (χ3n) is 5.70. The predicted molar refractivity (Wildman–Crippen MR) is 111 cm³/mol. The second-order valence-corrected chi connectivity index (χ2v) is 7.83. The number of amides is 1. The van der Waals surface area contributed by atoms with E-state index >= 15 is 0 Å². The smallest absolute Gasteiger partial charge is 0.335 e. The molecule has 29 heavy (non-hydrogen) atoms. The van der Waals surface area contributed by atoms with Crippen molar-refractivity contribution in [2.75, 3.05) is 13.2 Å². The van der Waals surface area contributed by atoms with Gasteiger partial charge in [0.25, 0.3) is 5.91 Å². The van der Waals surface area contributed by atoms with Crippen LogP contribution in [-0.2, 0) is 17.3 Å². The quantitative estimate of drug-likeness (QED) is 0.681. The van der Waals surface area contributed by atoms with Crippen molar-refractivity contribution in [3.63, 3.8) is 0 Å². The Morgan fingerprint density at radius 2 is 2.03 bits per heavy atom. The second kappa shape index (κ2) is 7.21. The number of ether oxygens (including phenoxy) is 1. The lowest BCUT2D eigenvalue weighted by atomic mass is 9.87. The summed E-state index contributed by atoms with van der Waals surface area (Å²) in [5, 5.41) is 14.0. The lowest BCUT2D eigenvalue weighted by molar-refractivity contribution is 0.0696. The Hall–Kier alpha value is -2.83. The topological polar surface area (TPSA) is 80.6 Å². The molecule has 0 spiro atoms. The number of carboxylic acids is 1. The molecule has 150 valence electrons. The summed E-state index contributed by atoms with van der Waals surface area (Å²) >= 11 is 6.23. The van der Waals surface area contributed by atoms with Gasteiger partial charge < -0.3 is 19.7 Å². The number of carbonyl (C=O) groups is 2. The number of aryl methyl sites for hydroxylation is 2. The number of rotatable bonds is 4. The molecule has 0 bridgehead atoms. The Balaban J connectivity index is 1.73. The molecule has 4 rings (SSSR count). The van der Waals surface area contributed by atoms with Crippen molar-refractivity contribution in [1.82, 2.24) is 9.88 Å². The maximum absolute atomic E-state index is 13.2. The number of halogens is 1. The Morgan fingerprint density at radius 1 is 1.24 bits per heavy atom. The first-order chi connectivity index (χ1) is 13.8. The fraction of sp³-hybridized carbons (Fsp3) is 0.273. The lowest BCUT2D eigenvalue weighted by Crippen LogP contribution is -2.47. The summed E-state index contributed by atoms with van der Waals surface area (Å²) in [5.74, 6) is -1.25. The van der Waals surface area contributed by atoms with Gasteiger partial charge in [-0.1, -0.05) is 23.7 Å². The number of carboxylic acid groups (broad SMARTS) is 1. The van der Waals surface area contributed by atoms with Gasteiger partial charge in [-0.05, 0) is 48.4 Å². The van der Waals surface area contributed by atoms with Crippen molar-refractivity contribution in [3.8, 4) is 0 Å². The van der Waals surface area contributed by atoms with Gasteiger partial charge >= 0.3 is 5.97 Å². The van der Waals surface area contributed by atoms with E-state index in [1.807, 2.05) is 42.8 Å². The molecular formula is C22H21ClN2O4. The molecule has 3 aromatic rings. The van der Waals surface area contributed by atoms with Gasteiger partial charge in [-0.15, -0.1) is 0 Å². The molecule has 0 radical (unpaired) electrons. The molecule has 1 aliphatic rings. The van der Waals surface area contributed by atoms with Crippen molar-refractivity contribution in [2.24, 2.45) is 7.05 Å². The van der Waals surface area contributed by atoms with Crippen molar-refractivity contribution in [1.29, 1.82) is 0 Å². The summed E-state index contributed by atoms with van der Waals surface area (Å²) in [6, 6.07) is 12.2. The van der Waals surface area contributed by atoms with Crippen molar-refractivity contribution in [2.45, 2.75) is 18.9 Å². The molecule has 1 unspecified atom stereocenters. The maximum atomic E-state index is 13.2. The summed E-state index contributed by atoms with van der Waals surface area (Å²) in [6.45, 7) is 2.70. The van der Waals surface area contributed by atoms with Gasteiger partial charge in [0, 0.05) is 36.0 Å². The molecule has 1 amide bonds. The highest BCUT2D eigenvalue weighted by atomic mass is 35.5. The van der Waals surface area contributed by atoms with Crippen LogP contribution in [0, 0.1) is 6.92 Å². The summed E-state index contributed by atoms with van der Waals surface area (Å²) in [6.07, 6.45) is 0.566. The Morgan fingerprint density at radius 3 is 2.72 bits per heavy atom. The minimum atomic E-state index is -1.01. The van der Waals surface area contributed by atoms with E-state index in [-0.39, 0.29) is 18.1 Å². The van der Waals surface area contributed by atoms with Crippen LogP contribution in [0.2, 0.25) is 5.02 Å². The molecule has 1 saturated heterocycles. The highest BCUT2D eigenvalue weighted by Crippen LogP contribution is 2.33. The van der Waals surface area contributed by atoms with Crippen LogP contribution in [-0.4, -0.2) is 34.8 Å². The zero-order chi connectivity index (χ0) is 20.8. The molecule has 6 nitrogen and oxygen atoms in total. The fourth-order valence-electron chi connectivity index (χ4n) is 3.94. The van der Waals surface area contributed by atoms with Gasteiger partial charge in [-0.3, -0.25) is 4.79 Å². The van der Waals surface area contributed by atoms with Crippen molar-refractivity contribution in [3.05, 3.63) is 69.9 Å². The van der Waals surface area contributed by atoms with E-state index in [0.29, 0.717) is 23.7 Å². The summed E-state index contributed by atoms with van der Waals surface area (Å²) in [7, 11) is 1.84. The van der Waals surface area contributed by atoms with E-state index < -0.39 is 11.5 Å². The number of hydrogen-bond acceptors (Lipinski definition) is 3. The fourth-order valence-corrected chi connectivity index (χ4v) is 4.10. The number of carbonyl (C=O) groups excluding carboxylic acids is 1. The van der Waals surface area contributed by atoms with Gasteiger partial charge in [0.1, 0.15) is 5.69 Å². The van der Waals surface area contributed by atoms with Gasteiger partial charge in [0.2, 0.25) is 0 Å². The zero-order valence-corrected chi connectivity index (χ0v) is 16.9. The molecule has 1 aromatic heterocycles. The predicted octanol–water partition coefficient (Wildman–Crippen LogP) is 3.88. The van der Waals surface area contributed by atoms with Crippen LogP contribution in [0.25, 0.3) is 10.9 Å². The van der Waals surface area contributed by atoms with Gasteiger partial charge in [0.15, 0.2) is 0 Å². The Labute approximate surface area is 173 Å². The highest BCUT2D eigenvalue weighted by molar-refractivity contribution is 6.32. The van der Waals surface area contributed by atoms with E-state index in [1.165, 1.54) is 6.07 Å². The van der Waals surface area contributed by atoms with Crippen LogP contribution in [0.1, 0.15) is 38.4 Å². The van der Waals surface area contributed by atoms with Crippen molar-refractivity contribution < 1.29 is 19.4 Å². The number of aromatic nitrogens is 1. The SMILES string of the molecule is Cc1c(Cl)ccc2c1cc(C(=O)NC1(c3cccc(C(=O)O)c3)CCOC1)n2C. The number of nitrogens with zero attached hydrogens (tertiary/aromatic N) is 1. The average molecular weight is 413 g/mol. The molecule has 0 saturated carbocycles. The molecule has 7 heteroatoms. The van der Waals surface area contributed by atoms with Crippen LogP contribution >= 0.6 is 11.6 Å². The number of nitrogens with one attached hydrogen (secondary N) is 1. The summed E-state index contributed by atoms with van der Waals surface area (Å²) in [4.78, 5) is 24.6. The minimum Gasteiger partial charge on any atom is -0.478 e. The molecule has 2 heterocycles. The summed E-state index contributed by atoms with van der Waals surface area (Å²) < 4.78 is 7.43. The standard InChI is InChI=1S/C22H21ClN2O4/c1-13-16-11-19(25(2)18(16)7-6-17(13)23)20(26)24-22(8-9-29-12-22)15-5-3-4-14(10-15)21(27)28/h3-7,10-11H,8-9,12H2,1-2H3,(H,24,26)(H,27,28). The average Bonchev–Trinajstić information content (AvgIpc) is 3.31. The van der Waals surface area contributed by atoms with Gasteiger partial charge in [0.05, 0.1) is 17.7 Å². The number of aromatic carboxylic acids is 1. The Kier molecular flexibility index (Phi) is 4.84. The van der Waals surface area contributed by atoms with Crippen LogP contribution in [0.3, 0.4) is 0 Å². The first-order valence-corrected chi connectivity index (χ1v) is 9.69. The minimum absolute atomic E-state index is 0.179. The van der Waals surface area contributed by atoms with E-state index in [4.69, 9.17) is 16.3 Å². The zero-order valence-electron chi connectivity index (χ0n) is 16.2. The molecule has 1 aliphatic heterocycles. The third kappa shape index (κ3) is 3.28. The Bertz CT molecular complexity index is 1130. The number of hydrogen-bond donors (Lipinski definition) is 2. The first kappa shape index (κ1) is 19.5. The van der Waals surface area contributed by atoms with E-state index in [9.17, 15) is 14.7 Å². The van der Waals surface area contributed by atoms with Crippen LogP contribution in [0.4, 0.5) is 0 Å². The molecule has 1 fully saturated rings. The van der Waals surface area contributed by atoms with Gasteiger partial charge in [-0.2, -0.15) is 0 Å². The van der Waals surface area contributed by atoms with Crippen LogP contribution in [0.5, 0.6) is 0 Å². The molecular weight excluding hydrogens is 392 g/mol. The van der Waals surface area contributed by atoms with E-state index in [0.717, 1.165) is 22.0 Å². The first-order valence-electron chi connectivity index (χ1n) is 9.31. The summed E-state index contributed by atoms with van der Waals surface area (Å²) in [5.41, 5.74) is 2.48. The number of fused-ring (bicyclic) bond motifs is 1. The van der Waals surface area contributed by atoms with Crippen LogP contribution in [0.15, 0.2) is 42.5 Å². The van der Waals surface area contributed by atoms with Crippen molar-refractivity contribution >= 4 is 34.4 Å². The monoisotopic (exact) mass is 412 g/mol. The largest absolute Gasteiger partial charge is 0.478 e. The molecule has 0 aliphatic carbocycles. The molecule has 2 N–H and O–H groups in total. The second-order valence-electron chi connectivity index (χ2n) is 7.42. The van der Waals surface area contributed by atoms with E-state index in [2.05, 4.69) is 5.32 Å². The van der Waals surface area contributed by atoms with E-state index in [1.54, 1.807) is 12.1 Å². The van der Waals surface area contributed by atoms with Gasteiger partial charge in [-0.25, -0.2) is 4.79 Å². The maximum Gasteiger partial charge on any atom is 0.335 e. The normalized spacial score (nSPS) is 18.9. The third-order valence-corrected chi connectivity index (χ3v) is 6.11. The molecule has 2 aromatic carbocycles. The lowest BCUT2D eigenvalue weighted by Gasteiger charge is -2.29. The van der Waals surface area contributed by atoms with Crippen LogP contribution < -0.4 is 5.32 Å². The highest BCUT2D eigenvalue weighted by Gasteiger charge is 2.39. The number of benzene rings is 2.